The van der Waals surface area contributed by atoms with E-state index in [4.69, 9.17) is 0 Å². The van der Waals surface area contributed by atoms with Crippen molar-refractivity contribution in [3.63, 3.8) is 0 Å². The number of aryl methyl sites for hydroxylation is 1. The van der Waals surface area contributed by atoms with Gasteiger partial charge in [-0.05, 0) is 36.8 Å². The van der Waals surface area contributed by atoms with Gasteiger partial charge in [0.05, 0.1) is 11.4 Å². The molecule has 0 saturated carbocycles. The number of carbonyl (C=O) groups is 1. The summed E-state index contributed by atoms with van der Waals surface area (Å²) in [5, 5.41) is 2.69. The molecule has 1 N–H and O–H groups in total. The summed E-state index contributed by atoms with van der Waals surface area (Å²) in [5.74, 6) is -0.958. The van der Waals surface area contributed by atoms with Crippen LogP contribution in [0.4, 0.5) is 5.69 Å². The van der Waals surface area contributed by atoms with Crippen LogP contribution in [0.15, 0.2) is 59.5 Å². The van der Waals surface area contributed by atoms with Crippen LogP contribution >= 0.6 is 11.8 Å². The summed E-state index contributed by atoms with van der Waals surface area (Å²) in [7, 11) is -3.41. The minimum absolute atomic E-state index is 0.0134. The average Bonchev–Trinajstić information content (AvgIpc) is 2.55. The van der Waals surface area contributed by atoms with E-state index in [9.17, 15) is 13.2 Å². The van der Waals surface area contributed by atoms with Crippen LogP contribution in [-0.2, 0) is 21.1 Å². The molecular formula is C18H21NO3S2. The largest absolute Gasteiger partial charge is 0.324 e. The predicted octanol–water partition coefficient (Wildman–Crippen LogP) is 3.39. The number of nitrogens with one attached hydrogen (secondary N) is 1. The molecule has 0 unspecified atom stereocenters. The lowest BCUT2D eigenvalue weighted by atomic mass is 10.1. The van der Waals surface area contributed by atoms with Crippen LogP contribution < -0.4 is 5.32 Å². The van der Waals surface area contributed by atoms with Gasteiger partial charge in [-0.3, -0.25) is 4.79 Å². The summed E-state index contributed by atoms with van der Waals surface area (Å²) >= 11 is 1.50. The summed E-state index contributed by atoms with van der Waals surface area (Å²) in [6.07, 6.45) is 3.11. The molecule has 0 aliphatic heterocycles. The van der Waals surface area contributed by atoms with Crippen molar-refractivity contribution in [1.82, 2.24) is 0 Å². The fourth-order valence-electron chi connectivity index (χ4n) is 2.35. The Balaban J connectivity index is 1.85. The Labute approximate surface area is 147 Å². The van der Waals surface area contributed by atoms with Crippen LogP contribution in [0.2, 0.25) is 0 Å². The van der Waals surface area contributed by atoms with Crippen LogP contribution in [-0.4, -0.2) is 32.1 Å². The first-order valence-electron chi connectivity index (χ1n) is 7.67. The Bertz CT molecular complexity index is 774. The molecule has 2 aromatic rings. The number of hydrogen-bond acceptors (Lipinski definition) is 4. The average molecular weight is 364 g/mol. The highest BCUT2D eigenvalue weighted by molar-refractivity contribution is 7.98. The summed E-state index contributed by atoms with van der Waals surface area (Å²) < 4.78 is 24.2. The summed E-state index contributed by atoms with van der Waals surface area (Å²) in [5.41, 5.74) is 1.75. The maximum absolute atomic E-state index is 12.1. The molecule has 128 valence electrons. The molecule has 0 bridgehead atoms. The molecule has 1 amide bonds. The van der Waals surface area contributed by atoms with Crippen LogP contribution in [0.5, 0.6) is 0 Å². The smallest absolute Gasteiger partial charge is 0.239 e. The lowest BCUT2D eigenvalue weighted by Crippen LogP contribution is -2.25. The standard InChI is InChI=1S/C18H21NO3S2/c1-23-17-12-6-5-11-16(17)19-18(20)14-24(21,22)13-7-10-15-8-3-2-4-9-15/h2-6,8-9,11-12H,7,10,13-14H2,1H3,(H,19,20). The Kier molecular flexibility index (Phi) is 6.87. The third kappa shape index (κ3) is 6.02. The van der Waals surface area contributed by atoms with E-state index in [1.54, 1.807) is 6.07 Å². The van der Waals surface area contributed by atoms with Crippen LogP contribution in [0, 0.1) is 0 Å². The van der Waals surface area contributed by atoms with E-state index in [0.29, 0.717) is 18.5 Å². The summed E-state index contributed by atoms with van der Waals surface area (Å²) in [4.78, 5) is 12.9. The molecule has 0 fully saturated rings. The van der Waals surface area contributed by atoms with Crippen molar-refractivity contribution < 1.29 is 13.2 Å². The number of hydrogen-bond donors (Lipinski definition) is 1. The quantitative estimate of drug-likeness (QED) is 0.730. The number of benzene rings is 2. The van der Waals surface area contributed by atoms with Crippen molar-refractivity contribution in [2.45, 2.75) is 17.7 Å². The highest BCUT2D eigenvalue weighted by Crippen LogP contribution is 2.24. The lowest BCUT2D eigenvalue weighted by Gasteiger charge is -2.09. The zero-order valence-electron chi connectivity index (χ0n) is 13.6. The Morgan fingerprint density at radius 1 is 1.04 bits per heavy atom. The number of amides is 1. The summed E-state index contributed by atoms with van der Waals surface area (Å²) in [6.45, 7) is 0. The van der Waals surface area contributed by atoms with E-state index in [2.05, 4.69) is 5.32 Å². The second-order valence-electron chi connectivity index (χ2n) is 5.43. The fraction of sp³-hybridized carbons (Fsp3) is 0.278. The SMILES string of the molecule is CSc1ccccc1NC(=O)CS(=O)(=O)CCCc1ccccc1. The molecule has 0 heterocycles. The van der Waals surface area contributed by atoms with E-state index in [0.717, 1.165) is 10.5 Å². The first kappa shape index (κ1) is 18.5. The van der Waals surface area contributed by atoms with E-state index in [-0.39, 0.29) is 5.75 Å². The molecule has 0 aliphatic carbocycles. The second-order valence-corrected chi connectivity index (χ2v) is 8.46. The van der Waals surface area contributed by atoms with E-state index in [1.165, 1.54) is 11.8 Å². The molecule has 0 radical (unpaired) electrons. The number of carbonyl (C=O) groups excluding carboxylic acids is 1. The van der Waals surface area contributed by atoms with Crippen LogP contribution in [0.1, 0.15) is 12.0 Å². The Hall–Kier alpha value is -1.79. The maximum atomic E-state index is 12.1. The van der Waals surface area contributed by atoms with Gasteiger partial charge in [0.1, 0.15) is 5.75 Å². The normalized spacial score (nSPS) is 11.2. The van der Waals surface area contributed by atoms with Gasteiger partial charge >= 0.3 is 0 Å². The zero-order chi connectivity index (χ0) is 17.4. The van der Waals surface area contributed by atoms with Gasteiger partial charge in [0, 0.05) is 4.90 Å². The third-order valence-electron chi connectivity index (χ3n) is 3.50. The number of para-hydroxylation sites is 1. The van der Waals surface area contributed by atoms with Crippen molar-refractivity contribution in [1.29, 1.82) is 0 Å². The van der Waals surface area contributed by atoms with Gasteiger partial charge in [-0.2, -0.15) is 0 Å². The topological polar surface area (TPSA) is 63.2 Å². The van der Waals surface area contributed by atoms with Crippen LogP contribution in [0.25, 0.3) is 0 Å². The first-order valence-corrected chi connectivity index (χ1v) is 10.7. The minimum atomic E-state index is -3.41. The first-order chi connectivity index (χ1) is 11.5. The number of anilines is 1. The number of thioether (sulfide) groups is 1. The van der Waals surface area contributed by atoms with E-state index in [1.807, 2.05) is 54.8 Å². The molecule has 0 aromatic heterocycles. The minimum Gasteiger partial charge on any atom is -0.324 e. The molecule has 6 heteroatoms. The van der Waals surface area contributed by atoms with Crippen molar-refractivity contribution in [2.75, 3.05) is 23.1 Å². The van der Waals surface area contributed by atoms with Gasteiger partial charge < -0.3 is 5.32 Å². The summed E-state index contributed by atoms with van der Waals surface area (Å²) in [6, 6.07) is 17.1. The Morgan fingerprint density at radius 2 is 1.71 bits per heavy atom. The van der Waals surface area contributed by atoms with Crippen molar-refractivity contribution in [2.24, 2.45) is 0 Å². The molecule has 24 heavy (non-hydrogen) atoms. The second kappa shape index (κ2) is 8.89. The molecule has 0 atom stereocenters. The monoisotopic (exact) mass is 363 g/mol. The molecule has 0 aliphatic rings. The molecule has 2 aromatic carbocycles. The lowest BCUT2D eigenvalue weighted by molar-refractivity contribution is -0.113. The van der Waals surface area contributed by atoms with E-state index >= 15 is 0 Å². The molecule has 4 nitrogen and oxygen atoms in total. The Morgan fingerprint density at radius 3 is 2.42 bits per heavy atom. The highest BCUT2D eigenvalue weighted by Gasteiger charge is 2.17. The zero-order valence-corrected chi connectivity index (χ0v) is 15.2. The van der Waals surface area contributed by atoms with Crippen molar-refractivity contribution >= 4 is 33.2 Å². The number of sulfone groups is 1. The van der Waals surface area contributed by atoms with Gasteiger partial charge in [-0.25, -0.2) is 8.42 Å². The van der Waals surface area contributed by atoms with Gasteiger partial charge in [0.15, 0.2) is 9.84 Å². The van der Waals surface area contributed by atoms with Gasteiger partial charge in [0.25, 0.3) is 0 Å². The van der Waals surface area contributed by atoms with Crippen molar-refractivity contribution in [3.8, 4) is 0 Å². The molecular weight excluding hydrogens is 342 g/mol. The van der Waals surface area contributed by atoms with Crippen LogP contribution in [0.3, 0.4) is 0 Å². The van der Waals surface area contributed by atoms with Gasteiger partial charge in [0.2, 0.25) is 5.91 Å². The number of rotatable bonds is 8. The van der Waals surface area contributed by atoms with Crippen molar-refractivity contribution in [3.05, 3.63) is 60.2 Å². The predicted molar refractivity (Wildman–Crippen MR) is 100 cm³/mol. The highest BCUT2D eigenvalue weighted by atomic mass is 32.2. The molecule has 0 spiro atoms. The van der Waals surface area contributed by atoms with E-state index < -0.39 is 21.5 Å². The van der Waals surface area contributed by atoms with Gasteiger partial charge in [-0.1, -0.05) is 42.5 Å². The molecule has 0 saturated heterocycles. The fourth-order valence-corrected chi connectivity index (χ4v) is 4.10. The maximum Gasteiger partial charge on any atom is 0.239 e. The third-order valence-corrected chi connectivity index (χ3v) is 5.90. The molecule has 2 rings (SSSR count). The van der Waals surface area contributed by atoms with Gasteiger partial charge in [-0.15, -0.1) is 11.8 Å².